The summed E-state index contributed by atoms with van der Waals surface area (Å²) in [6.07, 6.45) is 0. The van der Waals surface area contributed by atoms with Gasteiger partial charge >= 0.3 is 0 Å². The Bertz CT molecular complexity index is 1340. The molecule has 7 heteroatoms. The lowest BCUT2D eigenvalue weighted by Gasteiger charge is -2.09. The van der Waals surface area contributed by atoms with E-state index in [0.29, 0.717) is 22.8 Å². The van der Waals surface area contributed by atoms with E-state index in [1.54, 1.807) is 11.3 Å². The van der Waals surface area contributed by atoms with Gasteiger partial charge in [-0.2, -0.15) is 5.10 Å². The van der Waals surface area contributed by atoms with Gasteiger partial charge in [-0.15, -0.1) is 11.3 Å². The van der Waals surface area contributed by atoms with E-state index in [2.05, 4.69) is 23.5 Å². The summed E-state index contributed by atoms with van der Waals surface area (Å²) in [7, 11) is 0. The zero-order valence-electron chi connectivity index (χ0n) is 17.0. The molecule has 3 heterocycles. The minimum Gasteiger partial charge on any atom is -0.454 e. The van der Waals surface area contributed by atoms with Gasteiger partial charge in [-0.3, -0.25) is 4.79 Å². The zero-order valence-corrected chi connectivity index (χ0v) is 17.8. The van der Waals surface area contributed by atoms with E-state index in [1.807, 2.05) is 61.5 Å². The zero-order chi connectivity index (χ0) is 21.4. The molecule has 154 valence electrons. The van der Waals surface area contributed by atoms with Gasteiger partial charge in [-0.05, 0) is 56.3 Å². The van der Waals surface area contributed by atoms with Crippen molar-refractivity contribution in [1.29, 1.82) is 0 Å². The molecule has 1 aliphatic heterocycles. The molecule has 0 saturated heterocycles. The second-order valence-electron chi connectivity index (χ2n) is 7.19. The maximum absolute atomic E-state index is 13.1. The van der Waals surface area contributed by atoms with E-state index < -0.39 is 0 Å². The van der Waals surface area contributed by atoms with Gasteiger partial charge in [0.25, 0.3) is 5.91 Å². The fourth-order valence-electron chi connectivity index (χ4n) is 3.44. The first-order valence-electron chi connectivity index (χ1n) is 9.80. The van der Waals surface area contributed by atoms with Gasteiger partial charge in [0.2, 0.25) is 6.79 Å². The third-order valence-electron chi connectivity index (χ3n) is 5.07. The first kappa shape index (κ1) is 19.3. The lowest BCUT2D eigenvalue weighted by Crippen LogP contribution is -2.20. The maximum Gasteiger partial charge on any atom is 0.272 e. The summed E-state index contributed by atoms with van der Waals surface area (Å²) in [5.74, 6) is 1.10. The topological polar surface area (TPSA) is 72.8 Å². The van der Waals surface area contributed by atoms with Gasteiger partial charge in [-0.25, -0.2) is 10.4 Å². The summed E-state index contributed by atoms with van der Waals surface area (Å²) in [6.45, 7) is 4.10. The van der Waals surface area contributed by atoms with Crippen molar-refractivity contribution in [2.75, 3.05) is 6.79 Å². The van der Waals surface area contributed by atoms with Crippen molar-refractivity contribution in [3.05, 3.63) is 76.7 Å². The predicted octanol–water partition coefficient (Wildman–Crippen LogP) is 5.15. The molecule has 0 bridgehead atoms. The molecule has 2 aromatic heterocycles. The second-order valence-corrected chi connectivity index (χ2v) is 8.48. The fraction of sp³-hybridized carbons (Fsp3) is 0.125. The molecule has 0 aliphatic carbocycles. The van der Waals surface area contributed by atoms with Gasteiger partial charge in [0.15, 0.2) is 11.5 Å². The van der Waals surface area contributed by atoms with Gasteiger partial charge in [0.05, 0.1) is 27.4 Å². The van der Waals surface area contributed by atoms with Crippen LogP contribution in [0.15, 0.2) is 65.8 Å². The Morgan fingerprint density at radius 3 is 2.74 bits per heavy atom. The summed E-state index contributed by atoms with van der Waals surface area (Å²) in [4.78, 5) is 20.0. The number of para-hydroxylation sites is 1. The molecule has 0 atom stereocenters. The molecule has 0 spiro atoms. The number of pyridine rings is 1. The number of carbonyl (C=O) groups excluding carboxylic acids is 1. The lowest BCUT2D eigenvalue weighted by atomic mass is 10.1. The molecule has 1 N–H and O–H groups in total. The van der Waals surface area contributed by atoms with Crippen molar-refractivity contribution < 1.29 is 14.3 Å². The molecule has 4 aromatic rings. The Hall–Kier alpha value is -3.71. The number of carbonyl (C=O) groups is 1. The first-order valence-corrected chi connectivity index (χ1v) is 10.6. The molecule has 1 aliphatic rings. The number of amides is 1. The number of benzene rings is 2. The number of thiophene rings is 1. The van der Waals surface area contributed by atoms with Crippen LogP contribution in [-0.2, 0) is 0 Å². The summed E-state index contributed by atoms with van der Waals surface area (Å²) in [5.41, 5.74) is 6.29. The number of aromatic nitrogens is 1. The number of aryl methyl sites for hydroxylation is 1. The van der Waals surface area contributed by atoms with Gasteiger partial charge in [0.1, 0.15) is 0 Å². The number of ether oxygens (including phenoxy) is 2. The third kappa shape index (κ3) is 3.75. The molecule has 1 amide bonds. The minimum atomic E-state index is -0.284. The molecule has 0 unspecified atom stereocenters. The van der Waals surface area contributed by atoms with Crippen LogP contribution in [0.3, 0.4) is 0 Å². The van der Waals surface area contributed by atoms with Gasteiger partial charge in [-0.1, -0.05) is 18.2 Å². The number of fused-ring (bicyclic) bond motifs is 2. The minimum absolute atomic E-state index is 0.215. The molecule has 2 aromatic carbocycles. The van der Waals surface area contributed by atoms with Crippen LogP contribution in [0.5, 0.6) is 11.5 Å². The highest BCUT2D eigenvalue weighted by Crippen LogP contribution is 2.33. The van der Waals surface area contributed by atoms with Crippen LogP contribution >= 0.6 is 11.3 Å². The second kappa shape index (κ2) is 7.85. The number of hydrazone groups is 1. The normalized spacial score (nSPS) is 12.9. The van der Waals surface area contributed by atoms with E-state index in [1.165, 1.54) is 4.88 Å². The van der Waals surface area contributed by atoms with Crippen LogP contribution in [0.25, 0.3) is 21.5 Å². The fourth-order valence-corrected chi connectivity index (χ4v) is 4.27. The average Bonchev–Trinajstić information content (AvgIpc) is 3.44. The standard InChI is InChI=1S/C24H19N3O3S/c1-14-7-10-23(31-14)20-12-18(17-5-3-4-6-19(17)25-20)24(28)27-26-15(2)16-8-9-21-22(11-16)30-13-29-21/h3-12H,13H2,1-2H3,(H,27,28). The summed E-state index contributed by atoms with van der Waals surface area (Å²) < 4.78 is 10.8. The Morgan fingerprint density at radius 1 is 1.06 bits per heavy atom. The first-order chi connectivity index (χ1) is 15.1. The average molecular weight is 430 g/mol. The molecule has 6 nitrogen and oxygen atoms in total. The van der Waals surface area contributed by atoms with Crippen molar-refractivity contribution in [2.24, 2.45) is 5.10 Å². The Labute approximate surface area is 183 Å². The predicted molar refractivity (Wildman–Crippen MR) is 122 cm³/mol. The number of nitrogens with zero attached hydrogens (tertiary/aromatic N) is 2. The van der Waals surface area contributed by atoms with Crippen LogP contribution in [0, 0.1) is 6.92 Å². The van der Waals surface area contributed by atoms with E-state index in [0.717, 1.165) is 27.0 Å². The lowest BCUT2D eigenvalue weighted by molar-refractivity contribution is 0.0956. The van der Waals surface area contributed by atoms with E-state index in [-0.39, 0.29) is 12.7 Å². The van der Waals surface area contributed by atoms with Crippen LogP contribution in [-0.4, -0.2) is 23.4 Å². The highest BCUT2D eigenvalue weighted by atomic mass is 32.1. The van der Waals surface area contributed by atoms with Crippen LogP contribution < -0.4 is 14.9 Å². The Balaban J connectivity index is 1.47. The molecule has 31 heavy (non-hydrogen) atoms. The number of hydrogen-bond acceptors (Lipinski definition) is 6. The van der Waals surface area contributed by atoms with Gasteiger partial charge in [0, 0.05) is 15.8 Å². The monoisotopic (exact) mass is 429 g/mol. The van der Waals surface area contributed by atoms with E-state index in [9.17, 15) is 4.79 Å². The Kier molecular flexibility index (Phi) is 4.88. The summed E-state index contributed by atoms with van der Waals surface area (Å²) in [6, 6.07) is 19.1. The SMILES string of the molecule is CC(=NNC(=O)c1cc(-c2ccc(C)s2)nc2ccccc12)c1ccc2c(c1)OCO2. The van der Waals surface area contributed by atoms with Crippen LogP contribution in [0.2, 0.25) is 0 Å². The number of nitrogens with one attached hydrogen (secondary N) is 1. The van der Waals surface area contributed by atoms with Crippen molar-refractivity contribution >= 4 is 33.9 Å². The molecular formula is C24H19N3O3S. The third-order valence-corrected chi connectivity index (χ3v) is 6.09. The van der Waals surface area contributed by atoms with Crippen molar-refractivity contribution in [2.45, 2.75) is 13.8 Å². The molecule has 0 saturated carbocycles. The van der Waals surface area contributed by atoms with E-state index >= 15 is 0 Å². The van der Waals surface area contributed by atoms with E-state index in [4.69, 9.17) is 14.5 Å². The number of rotatable bonds is 4. The van der Waals surface area contributed by atoms with Gasteiger partial charge < -0.3 is 9.47 Å². The van der Waals surface area contributed by atoms with Crippen LogP contribution in [0.1, 0.15) is 27.7 Å². The number of hydrogen-bond donors (Lipinski definition) is 1. The molecular weight excluding hydrogens is 410 g/mol. The molecule has 0 fully saturated rings. The highest BCUT2D eigenvalue weighted by molar-refractivity contribution is 7.15. The highest BCUT2D eigenvalue weighted by Gasteiger charge is 2.16. The van der Waals surface area contributed by atoms with Crippen molar-refractivity contribution in [3.63, 3.8) is 0 Å². The Morgan fingerprint density at radius 2 is 1.90 bits per heavy atom. The largest absolute Gasteiger partial charge is 0.454 e. The molecule has 0 radical (unpaired) electrons. The van der Waals surface area contributed by atoms with Crippen molar-refractivity contribution in [3.8, 4) is 22.1 Å². The molecule has 5 rings (SSSR count). The maximum atomic E-state index is 13.1. The summed E-state index contributed by atoms with van der Waals surface area (Å²) in [5, 5.41) is 5.10. The van der Waals surface area contributed by atoms with Crippen molar-refractivity contribution in [1.82, 2.24) is 10.4 Å². The smallest absolute Gasteiger partial charge is 0.272 e. The summed E-state index contributed by atoms with van der Waals surface area (Å²) >= 11 is 1.65. The van der Waals surface area contributed by atoms with Crippen LogP contribution in [0.4, 0.5) is 0 Å². The quantitative estimate of drug-likeness (QED) is 0.359.